The quantitative estimate of drug-likeness (QED) is 0.857. The molecule has 2 aromatic rings. The Morgan fingerprint density at radius 1 is 1.35 bits per heavy atom. The maximum atomic E-state index is 11.2. The largest absolute Gasteiger partial charge is 0.490 e. The minimum Gasteiger partial charge on any atom is -0.490 e. The molecule has 0 aliphatic heterocycles. The van der Waals surface area contributed by atoms with Gasteiger partial charge in [-0.1, -0.05) is 11.3 Å². The highest BCUT2D eigenvalue weighted by Gasteiger charge is 2.14. The summed E-state index contributed by atoms with van der Waals surface area (Å²) in [5, 5.41) is 3.33. The summed E-state index contributed by atoms with van der Waals surface area (Å²) in [6, 6.07) is 5.86. The van der Waals surface area contributed by atoms with Crippen molar-refractivity contribution in [2.45, 2.75) is 40.7 Å². The fourth-order valence-corrected chi connectivity index (χ4v) is 3.15. The van der Waals surface area contributed by atoms with E-state index in [1.807, 2.05) is 45.9 Å². The summed E-state index contributed by atoms with van der Waals surface area (Å²) in [7, 11) is 0. The molecule has 1 N–H and O–H groups in total. The van der Waals surface area contributed by atoms with Gasteiger partial charge in [0.2, 0.25) is 5.91 Å². The molecule has 0 saturated carbocycles. The number of carbonyl (C=O) groups excluding carboxylic acids is 1. The van der Waals surface area contributed by atoms with Crippen LogP contribution in [0.25, 0.3) is 10.4 Å². The van der Waals surface area contributed by atoms with Gasteiger partial charge in [-0.2, -0.15) is 0 Å². The minimum atomic E-state index is -0.124. The van der Waals surface area contributed by atoms with E-state index < -0.39 is 0 Å². The van der Waals surface area contributed by atoms with Crippen molar-refractivity contribution in [2.75, 3.05) is 11.9 Å². The Morgan fingerprint density at radius 2 is 2.09 bits per heavy atom. The zero-order valence-electron chi connectivity index (χ0n) is 14.1. The Hall–Kier alpha value is -2.08. The predicted octanol–water partition coefficient (Wildman–Crippen LogP) is 4.26. The van der Waals surface area contributed by atoms with Crippen molar-refractivity contribution in [1.29, 1.82) is 0 Å². The number of nitrogens with one attached hydrogen (secondary N) is 1. The highest BCUT2D eigenvalue weighted by Crippen LogP contribution is 2.38. The maximum Gasteiger partial charge on any atom is 0.223 e. The van der Waals surface area contributed by atoms with Gasteiger partial charge in [-0.15, -0.1) is 0 Å². The minimum absolute atomic E-state index is 0.0802. The number of carbonyl (C=O) groups is 1. The second-order valence-electron chi connectivity index (χ2n) is 5.38. The molecular weight excluding hydrogens is 312 g/mol. The molecule has 23 heavy (non-hydrogen) atoms. The fraction of sp³-hybridized carbons (Fsp3) is 0.412. The number of ether oxygens (including phenoxy) is 2. The van der Waals surface area contributed by atoms with Gasteiger partial charge in [0.1, 0.15) is 0 Å². The summed E-state index contributed by atoms with van der Waals surface area (Å²) in [5.41, 5.74) is 1.87. The molecule has 124 valence electrons. The van der Waals surface area contributed by atoms with Gasteiger partial charge in [-0.3, -0.25) is 4.79 Å². The molecule has 0 fully saturated rings. The number of aromatic nitrogens is 1. The molecule has 1 heterocycles. The van der Waals surface area contributed by atoms with Crippen LogP contribution < -0.4 is 14.8 Å². The Labute approximate surface area is 140 Å². The van der Waals surface area contributed by atoms with Gasteiger partial charge in [0.25, 0.3) is 0 Å². The molecule has 0 spiro atoms. The number of aryl methyl sites for hydroxylation is 1. The van der Waals surface area contributed by atoms with Crippen LogP contribution in [0.3, 0.4) is 0 Å². The maximum absolute atomic E-state index is 11.2. The third-order valence-electron chi connectivity index (χ3n) is 2.95. The van der Waals surface area contributed by atoms with Gasteiger partial charge in [-0.05, 0) is 51.5 Å². The Balaban J connectivity index is 2.37. The third-order valence-corrected chi connectivity index (χ3v) is 4.07. The summed E-state index contributed by atoms with van der Waals surface area (Å²) in [6.07, 6.45) is 0.0802. The number of anilines is 1. The van der Waals surface area contributed by atoms with E-state index in [4.69, 9.17) is 9.47 Å². The SMILES string of the molecule is CCOc1cc(-c2sc(NC(C)=O)nc2C)ccc1OC(C)C. The first-order chi connectivity index (χ1) is 10.9. The van der Waals surface area contributed by atoms with Gasteiger partial charge < -0.3 is 14.8 Å². The summed E-state index contributed by atoms with van der Waals surface area (Å²) >= 11 is 1.45. The first kappa shape index (κ1) is 17.3. The average molecular weight is 334 g/mol. The molecule has 0 radical (unpaired) electrons. The number of benzene rings is 1. The van der Waals surface area contributed by atoms with E-state index >= 15 is 0 Å². The van der Waals surface area contributed by atoms with Gasteiger partial charge in [-0.25, -0.2) is 4.98 Å². The van der Waals surface area contributed by atoms with Crippen molar-refractivity contribution in [1.82, 2.24) is 4.98 Å². The van der Waals surface area contributed by atoms with E-state index in [1.165, 1.54) is 18.3 Å². The number of hydrogen-bond acceptors (Lipinski definition) is 5. The van der Waals surface area contributed by atoms with Gasteiger partial charge in [0, 0.05) is 6.92 Å². The van der Waals surface area contributed by atoms with E-state index in [0.717, 1.165) is 21.9 Å². The van der Waals surface area contributed by atoms with Crippen LogP contribution in [0, 0.1) is 6.92 Å². The molecule has 0 aliphatic rings. The van der Waals surface area contributed by atoms with E-state index in [-0.39, 0.29) is 12.0 Å². The second-order valence-corrected chi connectivity index (χ2v) is 6.37. The smallest absolute Gasteiger partial charge is 0.223 e. The zero-order chi connectivity index (χ0) is 17.0. The summed E-state index contributed by atoms with van der Waals surface area (Å²) in [4.78, 5) is 16.6. The first-order valence-electron chi connectivity index (χ1n) is 7.59. The molecule has 5 nitrogen and oxygen atoms in total. The van der Waals surface area contributed by atoms with Crippen LogP contribution in [0.15, 0.2) is 18.2 Å². The third kappa shape index (κ3) is 4.45. The molecule has 1 amide bonds. The van der Waals surface area contributed by atoms with Crippen molar-refractivity contribution >= 4 is 22.4 Å². The molecule has 0 saturated heterocycles. The van der Waals surface area contributed by atoms with E-state index in [9.17, 15) is 4.79 Å². The molecular formula is C17H22N2O3S. The lowest BCUT2D eigenvalue weighted by molar-refractivity contribution is -0.114. The van der Waals surface area contributed by atoms with Crippen molar-refractivity contribution in [3.05, 3.63) is 23.9 Å². The molecule has 6 heteroatoms. The van der Waals surface area contributed by atoms with Crippen LogP contribution in [0.2, 0.25) is 0 Å². The number of rotatable bonds is 6. The van der Waals surface area contributed by atoms with Gasteiger partial charge in [0.05, 0.1) is 23.3 Å². The van der Waals surface area contributed by atoms with Crippen molar-refractivity contribution in [2.24, 2.45) is 0 Å². The van der Waals surface area contributed by atoms with Crippen molar-refractivity contribution in [3.8, 4) is 21.9 Å². The molecule has 0 aliphatic carbocycles. The zero-order valence-corrected chi connectivity index (χ0v) is 14.9. The Morgan fingerprint density at radius 3 is 2.70 bits per heavy atom. The number of thiazole rings is 1. The van der Waals surface area contributed by atoms with Gasteiger partial charge >= 0.3 is 0 Å². The number of hydrogen-bond donors (Lipinski definition) is 1. The van der Waals surface area contributed by atoms with E-state index in [2.05, 4.69) is 10.3 Å². The summed E-state index contributed by atoms with van der Waals surface area (Å²) in [5.74, 6) is 1.32. The van der Waals surface area contributed by atoms with Crippen LogP contribution in [0.5, 0.6) is 11.5 Å². The lowest BCUT2D eigenvalue weighted by atomic mass is 10.1. The van der Waals surface area contributed by atoms with Crippen molar-refractivity contribution < 1.29 is 14.3 Å². The average Bonchev–Trinajstić information content (AvgIpc) is 2.80. The molecule has 0 atom stereocenters. The number of nitrogens with zero attached hydrogens (tertiary/aromatic N) is 1. The topological polar surface area (TPSA) is 60.5 Å². The molecule has 1 aromatic carbocycles. The van der Waals surface area contributed by atoms with Crippen LogP contribution in [-0.2, 0) is 4.79 Å². The van der Waals surface area contributed by atoms with Crippen LogP contribution >= 0.6 is 11.3 Å². The Bertz CT molecular complexity index is 695. The summed E-state index contributed by atoms with van der Waals surface area (Å²) in [6.45, 7) is 9.88. The van der Waals surface area contributed by atoms with Gasteiger partial charge in [0.15, 0.2) is 16.6 Å². The fourth-order valence-electron chi connectivity index (χ4n) is 2.14. The van der Waals surface area contributed by atoms with Crippen LogP contribution in [-0.4, -0.2) is 23.6 Å². The highest BCUT2D eigenvalue weighted by atomic mass is 32.1. The second kappa shape index (κ2) is 7.46. The predicted molar refractivity (Wildman–Crippen MR) is 93.5 cm³/mol. The molecule has 0 bridgehead atoms. The summed E-state index contributed by atoms with van der Waals surface area (Å²) < 4.78 is 11.5. The first-order valence-corrected chi connectivity index (χ1v) is 8.41. The van der Waals surface area contributed by atoms with Crippen LogP contribution in [0.4, 0.5) is 5.13 Å². The molecule has 0 unspecified atom stereocenters. The molecule has 2 rings (SSSR count). The standard InChI is InChI=1S/C17H22N2O3S/c1-6-21-15-9-13(7-8-14(15)22-10(2)3)16-11(4)18-17(23-16)19-12(5)20/h7-10H,6H2,1-5H3,(H,18,19,20). The number of amides is 1. The van der Waals surface area contributed by atoms with E-state index in [1.54, 1.807) is 0 Å². The Kier molecular flexibility index (Phi) is 5.60. The normalized spacial score (nSPS) is 10.7. The monoisotopic (exact) mass is 334 g/mol. The van der Waals surface area contributed by atoms with E-state index in [0.29, 0.717) is 17.5 Å². The lowest BCUT2D eigenvalue weighted by Gasteiger charge is -2.15. The molecule has 1 aromatic heterocycles. The van der Waals surface area contributed by atoms with Crippen LogP contribution in [0.1, 0.15) is 33.4 Å². The van der Waals surface area contributed by atoms with Crippen molar-refractivity contribution in [3.63, 3.8) is 0 Å². The highest BCUT2D eigenvalue weighted by molar-refractivity contribution is 7.19. The lowest BCUT2D eigenvalue weighted by Crippen LogP contribution is -2.07.